The molecule has 56 heavy (non-hydrogen) atoms. The zero-order valence-corrected chi connectivity index (χ0v) is 43.4. The predicted molar refractivity (Wildman–Crippen MR) is 254 cm³/mol. The van der Waals surface area contributed by atoms with Crippen molar-refractivity contribution in [2.75, 3.05) is 0 Å². The van der Waals surface area contributed by atoms with Crippen molar-refractivity contribution in [2.24, 2.45) is 0 Å². The molecule has 5 aromatic rings. The van der Waals surface area contributed by atoms with E-state index in [4.69, 9.17) is 278 Å². The van der Waals surface area contributed by atoms with Crippen LogP contribution in [0.25, 0.3) is 0 Å². The van der Waals surface area contributed by atoms with Crippen LogP contribution in [0.1, 0.15) is 45.2 Å². The van der Waals surface area contributed by atoms with Crippen LogP contribution in [0.15, 0.2) is 0 Å². The Morgan fingerprint density at radius 2 is 0.196 bits per heavy atom. The monoisotopic (exact) mass is 1230 g/mol. The van der Waals surface area contributed by atoms with Gasteiger partial charge in [-0.25, -0.2) is 0 Å². The van der Waals surface area contributed by atoms with E-state index in [1.165, 1.54) is 0 Å². The fraction of sp³-hybridized carbons (Fsp3) is 0.0625. The van der Waals surface area contributed by atoms with Crippen LogP contribution < -0.4 is 0 Å². The topological polar surface area (TPSA) is 0 Å². The van der Waals surface area contributed by atoms with E-state index < -0.39 is 11.8 Å². The fourth-order valence-corrected chi connectivity index (χ4v) is 12.3. The van der Waals surface area contributed by atoms with E-state index in [0.29, 0.717) is 0 Å². The van der Waals surface area contributed by atoms with Crippen LogP contribution in [-0.4, -0.2) is 0 Å². The van der Waals surface area contributed by atoms with Gasteiger partial charge in [0.15, 0.2) is 0 Å². The van der Waals surface area contributed by atoms with Crippen molar-refractivity contribution in [1.82, 2.24) is 0 Å². The maximum Gasteiger partial charge on any atom is 0.0809 e. The quantitative estimate of drug-likeness (QED) is 0.0903. The van der Waals surface area contributed by atoms with E-state index in [1.54, 1.807) is 0 Å². The summed E-state index contributed by atoms with van der Waals surface area (Å²) in [4.78, 5) is 0. The van der Waals surface area contributed by atoms with Crippen LogP contribution in [0, 0.1) is 0 Å². The maximum atomic E-state index is 7.25. The van der Waals surface area contributed by atoms with Gasteiger partial charge >= 0.3 is 0 Å². The van der Waals surface area contributed by atoms with Crippen molar-refractivity contribution in [3.05, 3.63) is 154 Å². The summed E-state index contributed by atoms with van der Waals surface area (Å²) in [7, 11) is 0. The Hall–Kier alpha value is 3.06. The lowest BCUT2D eigenvalue weighted by Crippen LogP contribution is -2.14. The highest BCUT2D eigenvalue weighted by Gasteiger charge is 2.41. The first-order chi connectivity index (χ1) is 25.9. The lowest BCUT2D eigenvalue weighted by Gasteiger charge is -2.31. The molecule has 0 amide bonds. The van der Waals surface area contributed by atoms with Crippen molar-refractivity contribution in [3.63, 3.8) is 0 Å². The van der Waals surface area contributed by atoms with Crippen LogP contribution in [0.3, 0.4) is 0 Å². The van der Waals surface area contributed by atoms with Gasteiger partial charge in [-0.1, -0.05) is 278 Å². The van der Waals surface area contributed by atoms with Crippen LogP contribution >= 0.6 is 278 Å². The van der Waals surface area contributed by atoms with Gasteiger partial charge in [0.1, 0.15) is 0 Å². The largest absolute Gasteiger partial charge is 0.0823 e. The molecule has 5 rings (SSSR count). The SMILES string of the molecule is Clc1c(Cl)c(Cl)c(C(c2c(Cl)c(Cl)c(Cl)c(Cl)c2Cl)c2c(Cl)c(Cl)c(C(c3c(Cl)c(Cl)c(Cl)c(Cl)c3Cl)c3c(Cl)c(Cl)c(Cl)c(Cl)c3Cl)c(Cl)c2Cl)c(Cl)c1Cl. The highest BCUT2D eigenvalue weighted by atomic mass is 35.5. The predicted octanol–water partition coefficient (Wildman–Crippen LogP) is 23.7. The summed E-state index contributed by atoms with van der Waals surface area (Å²) in [6, 6.07) is 0. The highest BCUT2D eigenvalue weighted by Crippen LogP contribution is 2.62. The molecule has 0 aliphatic carbocycles. The standard InChI is InChI=1S/C32H2Cl24/c33-9-3(1(5-13(37)21(45)29(53)22(46)14(5)38)6-15(39)23(47)30(54)24(48)16(6)40)10(34)12(36)4(11(9)35)2(7-17(41)25(49)31(55)26(50)18(7)42)8-19(43)27(51)32(56)28(52)20(8)44/h1-2H. The molecule has 0 saturated heterocycles. The van der Waals surface area contributed by atoms with E-state index in [1.807, 2.05) is 0 Å². The number of hydrogen-bond acceptors (Lipinski definition) is 0. The lowest BCUT2D eigenvalue weighted by atomic mass is 9.81. The first kappa shape index (κ1) is 50.1. The summed E-state index contributed by atoms with van der Waals surface area (Å²) in [5.74, 6) is -3.04. The van der Waals surface area contributed by atoms with Crippen LogP contribution in [0.4, 0.5) is 0 Å². The molecule has 0 spiro atoms. The third kappa shape index (κ3) is 8.29. The third-order valence-electron chi connectivity index (χ3n) is 8.04. The number of rotatable bonds is 6. The summed E-state index contributed by atoms with van der Waals surface area (Å²) < 4.78 is 0. The zero-order chi connectivity index (χ0) is 42.5. The second kappa shape index (κ2) is 19.3. The van der Waals surface area contributed by atoms with Crippen LogP contribution in [0.5, 0.6) is 0 Å². The van der Waals surface area contributed by atoms with Gasteiger partial charge in [0.2, 0.25) is 0 Å². The summed E-state index contributed by atoms with van der Waals surface area (Å²) in [5.41, 5.74) is -0.800. The normalized spacial score (nSPS) is 11.9. The van der Waals surface area contributed by atoms with Crippen molar-refractivity contribution >= 4 is 278 Å². The fourth-order valence-electron chi connectivity index (χ4n) is 5.54. The molecular weight excluding hydrogens is 1240 g/mol. The Kier molecular flexibility index (Phi) is 17.2. The Bertz CT molecular complexity index is 2080. The Morgan fingerprint density at radius 3 is 0.304 bits per heavy atom. The third-order valence-corrected chi connectivity index (χ3v) is 19.0. The van der Waals surface area contributed by atoms with Gasteiger partial charge in [0, 0.05) is 45.2 Å². The highest BCUT2D eigenvalue weighted by molar-refractivity contribution is 6.59. The van der Waals surface area contributed by atoms with Gasteiger partial charge in [0.25, 0.3) is 0 Å². The molecule has 0 aliphatic rings. The number of halogens is 24. The minimum atomic E-state index is -1.52. The molecule has 0 unspecified atom stereocenters. The molecule has 0 nitrogen and oxygen atoms in total. The van der Waals surface area contributed by atoms with E-state index in [0.717, 1.165) is 0 Å². The molecule has 0 aromatic heterocycles. The van der Waals surface area contributed by atoms with Gasteiger partial charge in [0.05, 0.1) is 121 Å². The molecule has 24 heteroatoms. The lowest BCUT2D eigenvalue weighted by molar-refractivity contribution is 0.953. The van der Waals surface area contributed by atoms with Crippen LogP contribution in [-0.2, 0) is 0 Å². The Morgan fingerprint density at radius 1 is 0.125 bits per heavy atom. The smallest absolute Gasteiger partial charge is 0.0809 e. The minimum Gasteiger partial charge on any atom is -0.0823 e. The van der Waals surface area contributed by atoms with Crippen molar-refractivity contribution < 1.29 is 0 Å². The van der Waals surface area contributed by atoms with E-state index in [9.17, 15) is 0 Å². The molecule has 298 valence electrons. The molecule has 0 saturated carbocycles. The van der Waals surface area contributed by atoms with E-state index >= 15 is 0 Å². The van der Waals surface area contributed by atoms with Gasteiger partial charge in [-0.2, -0.15) is 0 Å². The Labute approximate surface area is 438 Å². The summed E-state index contributed by atoms with van der Waals surface area (Å²) in [6.07, 6.45) is 0. The molecule has 0 fully saturated rings. The molecule has 0 aliphatic heterocycles. The average molecular weight is 1240 g/mol. The van der Waals surface area contributed by atoms with E-state index in [-0.39, 0.29) is 154 Å². The van der Waals surface area contributed by atoms with Gasteiger partial charge < -0.3 is 0 Å². The number of benzene rings is 5. The second-order valence-electron chi connectivity index (χ2n) is 10.9. The first-order valence-corrected chi connectivity index (χ1v) is 22.8. The molecule has 0 bridgehead atoms. The van der Waals surface area contributed by atoms with Crippen molar-refractivity contribution in [3.8, 4) is 0 Å². The minimum absolute atomic E-state index is 0.115. The van der Waals surface area contributed by atoms with Gasteiger partial charge in [-0.05, 0) is 0 Å². The van der Waals surface area contributed by atoms with Crippen molar-refractivity contribution in [1.29, 1.82) is 0 Å². The molecule has 0 radical (unpaired) electrons. The molecule has 5 aromatic carbocycles. The summed E-state index contributed by atoms with van der Waals surface area (Å²) in [5, 5.41) is -6.38. The van der Waals surface area contributed by atoms with Gasteiger partial charge in [-0.3, -0.25) is 0 Å². The molecule has 0 atom stereocenters. The average Bonchev–Trinajstić information content (AvgIpc) is 3.16. The maximum absolute atomic E-state index is 7.25. The van der Waals surface area contributed by atoms with E-state index in [2.05, 4.69) is 0 Å². The zero-order valence-electron chi connectivity index (χ0n) is 25.2. The summed E-state index contributed by atoms with van der Waals surface area (Å²) in [6.45, 7) is 0. The number of hydrogen-bond donors (Lipinski definition) is 0. The first-order valence-electron chi connectivity index (χ1n) is 13.8. The summed E-state index contributed by atoms with van der Waals surface area (Å²) >= 11 is 162. The van der Waals surface area contributed by atoms with Gasteiger partial charge in [-0.15, -0.1) is 0 Å². The molecule has 0 N–H and O–H groups in total. The van der Waals surface area contributed by atoms with Crippen LogP contribution in [0.2, 0.25) is 121 Å². The van der Waals surface area contributed by atoms with Crippen molar-refractivity contribution in [2.45, 2.75) is 11.8 Å². The second-order valence-corrected chi connectivity index (χ2v) is 20.0. The Balaban J connectivity index is 2.07. The molecule has 0 heterocycles. The molecular formula is C32H2Cl24.